The topological polar surface area (TPSA) is 57.6 Å². The van der Waals surface area contributed by atoms with Crippen molar-refractivity contribution in [3.8, 4) is 0 Å². The van der Waals surface area contributed by atoms with Gasteiger partial charge in [-0.3, -0.25) is 9.59 Å². The Balaban J connectivity index is 1.68. The SMILES string of the molecule is CC(C)C1(C(=O)O)CCN(C(=O)C2C3CCCC32)C1. The van der Waals surface area contributed by atoms with Crippen molar-refractivity contribution in [3.05, 3.63) is 0 Å². The summed E-state index contributed by atoms with van der Waals surface area (Å²) in [5.41, 5.74) is -0.723. The maximum atomic E-state index is 12.5. The van der Waals surface area contributed by atoms with E-state index in [1.807, 2.05) is 18.7 Å². The van der Waals surface area contributed by atoms with Crippen LogP contribution < -0.4 is 0 Å². The van der Waals surface area contributed by atoms with Gasteiger partial charge in [-0.2, -0.15) is 0 Å². The molecule has 3 unspecified atom stereocenters. The number of aliphatic carboxylic acids is 1. The lowest BCUT2D eigenvalue weighted by Crippen LogP contribution is -2.41. The third kappa shape index (κ3) is 1.79. The monoisotopic (exact) mass is 265 g/mol. The van der Waals surface area contributed by atoms with Crippen molar-refractivity contribution in [1.82, 2.24) is 4.90 Å². The Bertz CT molecular complexity index is 410. The quantitative estimate of drug-likeness (QED) is 0.849. The van der Waals surface area contributed by atoms with Gasteiger partial charge in [-0.15, -0.1) is 0 Å². The average Bonchev–Trinajstić information content (AvgIpc) is 2.79. The number of carbonyl (C=O) groups excluding carboxylic acids is 1. The summed E-state index contributed by atoms with van der Waals surface area (Å²) in [5.74, 6) is 1.03. The van der Waals surface area contributed by atoms with Crippen LogP contribution in [0.4, 0.5) is 0 Å². The summed E-state index contributed by atoms with van der Waals surface area (Å²) in [4.78, 5) is 25.9. The van der Waals surface area contributed by atoms with Gasteiger partial charge in [0, 0.05) is 19.0 Å². The summed E-state index contributed by atoms with van der Waals surface area (Å²) >= 11 is 0. The van der Waals surface area contributed by atoms with Crippen molar-refractivity contribution >= 4 is 11.9 Å². The highest BCUT2D eigenvalue weighted by atomic mass is 16.4. The molecule has 2 aliphatic carbocycles. The maximum Gasteiger partial charge on any atom is 0.311 e. The van der Waals surface area contributed by atoms with Crippen LogP contribution in [0.1, 0.15) is 39.5 Å². The van der Waals surface area contributed by atoms with Crippen LogP contribution in [0.15, 0.2) is 0 Å². The summed E-state index contributed by atoms with van der Waals surface area (Å²) < 4.78 is 0. The molecule has 0 aromatic rings. The van der Waals surface area contributed by atoms with E-state index in [0.29, 0.717) is 31.3 Å². The summed E-state index contributed by atoms with van der Waals surface area (Å²) in [5, 5.41) is 9.51. The van der Waals surface area contributed by atoms with Crippen LogP contribution in [0.2, 0.25) is 0 Å². The second kappa shape index (κ2) is 4.22. The largest absolute Gasteiger partial charge is 0.481 e. The number of likely N-dealkylation sites (tertiary alicyclic amines) is 1. The van der Waals surface area contributed by atoms with Gasteiger partial charge in [0.1, 0.15) is 0 Å². The maximum absolute atomic E-state index is 12.5. The first-order valence-corrected chi connectivity index (χ1v) is 7.49. The molecule has 1 heterocycles. The second-order valence-corrected chi connectivity index (χ2v) is 6.91. The molecule has 106 valence electrons. The summed E-state index contributed by atoms with van der Waals surface area (Å²) in [6.07, 6.45) is 4.27. The van der Waals surface area contributed by atoms with Crippen molar-refractivity contribution < 1.29 is 14.7 Å². The van der Waals surface area contributed by atoms with E-state index in [0.717, 1.165) is 0 Å². The molecule has 4 heteroatoms. The lowest BCUT2D eigenvalue weighted by molar-refractivity contribution is -0.151. The summed E-state index contributed by atoms with van der Waals surface area (Å²) in [6.45, 7) is 4.94. The van der Waals surface area contributed by atoms with Crippen LogP contribution in [0.3, 0.4) is 0 Å². The van der Waals surface area contributed by atoms with E-state index in [1.165, 1.54) is 19.3 Å². The first kappa shape index (κ1) is 12.9. The Morgan fingerprint density at radius 2 is 1.89 bits per heavy atom. The van der Waals surface area contributed by atoms with Gasteiger partial charge in [-0.05, 0) is 37.0 Å². The number of hydrogen-bond donors (Lipinski definition) is 1. The number of carbonyl (C=O) groups is 2. The molecular weight excluding hydrogens is 242 g/mol. The number of nitrogens with zero attached hydrogens (tertiary/aromatic N) is 1. The van der Waals surface area contributed by atoms with E-state index in [9.17, 15) is 14.7 Å². The van der Waals surface area contributed by atoms with Crippen molar-refractivity contribution in [3.63, 3.8) is 0 Å². The van der Waals surface area contributed by atoms with Gasteiger partial charge < -0.3 is 10.0 Å². The molecule has 19 heavy (non-hydrogen) atoms. The number of amides is 1. The van der Waals surface area contributed by atoms with Gasteiger partial charge in [0.2, 0.25) is 5.91 Å². The highest BCUT2D eigenvalue weighted by Gasteiger charge is 2.59. The molecule has 1 amide bonds. The second-order valence-electron chi connectivity index (χ2n) is 6.91. The fourth-order valence-corrected chi connectivity index (χ4v) is 4.31. The third-order valence-corrected chi connectivity index (χ3v) is 5.84. The van der Waals surface area contributed by atoms with Crippen LogP contribution in [0.5, 0.6) is 0 Å². The number of rotatable bonds is 3. The predicted molar refractivity (Wildman–Crippen MR) is 70.4 cm³/mol. The van der Waals surface area contributed by atoms with Gasteiger partial charge in [0.25, 0.3) is 0 Å². The van der Waals surface area contributed by atoms with E-state index in [1.54, 1.807) is 0 Å². The molecule has 0 radical (unpaired) electrons. The van der Waals surface area contributed by atoms with Gasteiger partial charge in [0.05, 0.1) is 5.41 Å². The molecule has 1 aliphatic heterocycles. The first-order chi connectivity index (χ1) is 8.97. The molecule has 4 nitrogen and oxygen atoms in total. The molecule has 3 aliphatic rings. The van der Waals surface area contributed by atoms with Crippen LogP contribution in [0.25, 0.3) is 0 Å². The third-order valence-electron chi connectivity index (χ3n) is 5.84. The summed E-state index contributed by atoms with van der Waals surface area (Å²) in [7, 11) is 0. The zero-order valence-corrected chi connectivity index (χ0v) is 11.8. The molecule has 3 rings (SSSR count). The molecule has 1 saturated heterocycles. The van der Waals surface area contributed by atoms with Crippen LogP contribution in [-0.2, 0) is 9.59 Å². The minimum Gasteiger partial charge on any atom is -0.481 e. The van der Waals surface area contributed by atoms with E-state index >= 15 is 0 Å². The number of carboxylic acid groups (broad SMARTS) is 1. The molecule has 3 atom stereocenters. The lowest BCUT2D eigenvalue weighted by atomic mass is 9.76. The molecule has 3 fully saturated rings. The van der Waals surface area contributed by atoms with Crippen molar-refractivity contribution in [2.75, 3.05) is 13.1 Å². The summed E-state index contributed by atoms with van der Waals surface area (Å²) in [6, 6.07) is 0. The van der Waals surface area contributed by atoms with Crippen LogP contribution in [0, 0.1) is 29.1 Å². The van der Waals surface area contributed by atoms with Crippen molar-refractivity contribution in [2.24, 2.45) is 29.1 Å². The molecular formula is C15H23NO3. The molecule has 0 spiro atoms. The Morgan fingerprint density at radius 1 is 1.26 bits per heavy atom. The molecule has 0 bridgehead atoms. The normalized spacial score (nSPS) is 40.6. The van der Waals surface area contributed by atoms with Crippen molar-refractivity contribution in [1.29, 1.82) is 0 Å². The van der Waals surface area contributed by atoms with Crippen LogP contribution >= 0.6 is 0 Å². The van der Waals surface area contributed by atoms with Crippen LogP contribution in [-0.4, -0.2) is 35.0 Å². The highest BCUT2D eigenvalue weighted by Crippen LogP contribution is 2.58. The number of hydrogen-bond acceptors (Lipinski definition) is 2. The molecule has 0 aromatic carbocycles. The Hall–Kier alpha value is -1.06. The van der Waals surface area contributed by atoms with Gasteiger partial charge in [-0.25, -0.2) is 0 Å². The van der Waals surface area contributed by atoms with E-state index in [2.05, 4.69) is 0 Å². The Kier molecular flexibility index (Phi) is 2.88. The zero-order chi connectivity index (χ0) is 13.8. The molecule has 1 N–H and O–H groups in total. The number of carboxylic acids is 1. The minimum atomic E-state index is -0.742. The molecule has 2 saturated carbocycles. The van der Waals surface area contributed by atoms with E-state index in [-0.39, 0.29) is 17.7 Å². The number of fused-ring (bicyclic) bond motifs is 1. The zero-order valence-electron chi connectivity index (χ0n) is 11.8. The average molecular weight is 265 g/mol. The minimum absolute atomic E-state index is 0.0708. The Labute approximate surface area is 114 Å². The highest BCUT2D eigenvalue weighted by molar-refractivity contribution is 5.85. The lowest BCUT2D eigenvalue weighted by Gasteiger charge is -2.28. The smallest absolute Gasteiger partial charge is 0.311 e. The predicted octanol–water partition coefficient (Wildman–Crippen LogP) is 1.99. The van der Waals surface area contributed by atoms with Crippen molar-refractivity contribution in [2.45, 2.75) is 39.5 Å². The van der Waals surface area contributed by atoms with Gasteiger partial charge in [-0.1, -0.05) is 20.3 Å². The fraction of sp³-hybridized carbons (Fsp3) is 0.867. The van der Waals surface area contributed by atoms with Gasteiger partial charge in [0.15, 0.2) is 0 Å². The Morgan fingerprint density at radius 3 is 2.37 bits per heavy atom. The first-order valence-electron chi connectivity index (χ1n) is 7.49. The van der Waals surface area contributed by atoms with Gasteiger partial charge >= 0.3 is 5.97 Å². The fourth-order valence-electron chi connectivity index (χ4n) is 4.31. The standard InChI is InChI=1S/C15H23NO3/c1-9(2)15(14(18)19)6-7-16(8-15)13(17)12-10-4-3-5-11(10)12/h9-12H,3-8H2,1-2H3,(H,18,19). The van der Waals surface area contributed by atoms with E-state index in [4.69, 9.17) is 0 Å². The molecule has 0 aromatic heterocycles. The van der Waals surface area contributed by atoms with E-state index < -0.39 is 11.4 Å².